The van der Waals surface area contributed by atoms with E-state index in [2.05, 4.69) is 5.32 Å². The first kappa shape index (κ1) is 21.9. The fraction of sp³-hybridized carbons (Fsp3) is 0.222. The minimum absolute atomic E-state index is 0.00505. The fourth-order valence-electron chi connectivity index (χ4n) is 4.03. The van der Waals surface area contributed by atoms with Crippen LogP contribution in [-0.2, 0) is 6.61 Å². The number of aromatic hydroxyl groups is 2. The van der Waals surface area contributed by atoms with Gasteiger partial charge in [0.15, 0.2) is 0 Å². The van der Waals surface area contributed by atoms with Crippen LogP contribution < -0.4 is 14.8 Å². The molecule has 1 saturated heterocycles. The Kier molecular flexibility index (Phi) is 5.86. The van der Waals surface area contributed by atoms with Gasteiger partial charge in [0.1, 0.15) is 35.2 Å². The van der Waals surface area contributed by atoms with E-state index in [1.807, 2.05) is 48.5 Å². The number of nitrogens with one attached hydrogen (secondary N) is 1. The van der Waals surface area contributed by atoms with E-state index in [-0.39, 0.29) is 29.4 Å². The molecule has 0 unspecified atom stereocenters. The highest BCUT2D eigenvalue weighted by atomic mass is 16.5. The van der Waals surface area contributed by atoms with Gasteiger partial charge in [-0.15, -0.1) is 0 Å². The zero-order chi connectivity index (χ0) is 23.7. The molecule has 1 fully saturated rings. The van der Waals surface area contributed by atoms with Crippen LogP contribution in [0.4, 0.5) is 0 Å². The van der Waals surface area contributed by atoms with Gasteiger partial charge >= 0.3 is 0 Å². The molecule has 0 amide bonds. The van der Waals surface area contributed by atoms with Crippen molar-refractivity contribution in [2.45, 2.75) is 13.5 Å². The molecule has 7 heteroatoms. The normalized spacial score (nSPS) is 13.6. The summed E-state index contributed by atoms with van der Waals surface area (Å²) in [6.45, 7) is 4.34. The molecule has 3 N–H and O–H groups in total. The molecule has 1 aromatic heterocycles. The maximum atomic E-state index is 13.6. The standard InChI is InChI=1S/C27H26N2O5/c1-17-22(30)10-23(31)25(26(17)34-15-18-6-3-2-4-7-18)27(32)29-13-20-8-5-9-24(21(20)14-29)33-16-19-11-28-12-19/h2-10,13-14,19,28,30-31H,11-12,15-16H2,1H3. The number of hydrogen-bond acceptors (Lipinski definition) is 6. The van der Waals surface area contributed by atoms with Crippen LogP contribution in [0.2, 0.25) is 0 Å². The summed E-state index contributed by atoms with van der Waals surface area (Å²) < 4.78 is 13.4. The molecular weight excluding hydrogens is 432 g/mol. The molecule has 3 aromatic carbocycles. The van der Waals surface area contributed by atoms with Crippen molar-refractivity contribution in [3.8, 4) is 23.0 Å². The van der Waals surface area contributed by atoms with Crippen LogP contribution in [0.1, 0.15) is 21.5 Å². The Labute approximate surface area is 197 Å². The predicted octanol–water partition coefficient (Wildman–Crippen LogP) is 4.23. The third kappa shape index (κ3) is 4.18. The van der Waals surface area contributed by atoms with Gasteiger partial charge in [-0.3, -0.25) is 9.36 Å². The van der Waals surface area contributed by atoms with Gasteiger partial charge in [0.2, 0.25) is 0 Å². The van der Waals surface area contributed by atoms with E-state index in [1.54, 1.807) is 19.3 Å². The van der Waals surface area contributed by atoms with Gasteiger partial charge in [0.05, 0.1) is 6.61 Å². The first-order valence-corrected chi connectivity index (χ1v) is 11.2. The molecule has 7 nitrogen and oxygen atoms in total. The Balaban J connectivity index is 1.48. The quantitative estimate of drug-likeness (QED) is 0.384. The lowest BCUT2D eigenvalue weighted by atomic mass is 10.1. The molecular formula is C27H26N2O5. The lowest BCUT2D eigenvalue weighted by molar-refractivity contribution is 0.0953. The summed E-state index contributed by atoms with van der Waals surface area (Å²) in [6, 6.07) is 16.4. The van der Waals surface area contributed by atoms with E-state index in [0.717, 1.165) is 29.4 Å². The van der Waals surface area contributed by atoms with Gasteiger partial charge in [-0.05, 0) is 18.6 Å². The van der Waals surface area contributed by atoms with E-state index in [4.69, 9.17) is 9.47 Å². The second kappa shape index (κ2) is 9.11. The largest absolute Gasteiger partial charge is 0.507 e. The van der Waals surface area contributed by atoms with Crippen molar-refractivity contribution < 1.29 is 24.5 Å². The number of carbonyl (C=O) groups excluding carboxylic acids is 1. The van der Waals surface area contributed by atoms with Crippen LogP contribution in [0, 0.1) is 12.8 Å². The number of rotatable bonds is 7. The summed E-state index contributed by atoms with van der Waals surface area (Å²) >= 11 is 0. The number of hydrogen-bond donors (Lipinski definition) is 3. The zero-order valence-electron chi connectivity index (χ0n) is 18.8. The van der Waals surface area contributed by atoms with E-state index in [1.165, 1.54) is 10.6 Å². The number of nitrogens with zero attached hydrogens (tertiary/aromatic N) is 1. The number of phenolic OH excluding ortho intramolecular Hbond substituents is 2. The van der Waals surface area contributed by atoms with Gasteiger partial charge in [-0.25, -0.2) is 0 Å². The monoisotopic (exact) mass is 458 g/mol. The summed E-state index contributed by atoms with van der Waals surface area (Å²) in [7, 11) is 0. The molecule has 174 valence electrons. The number of aromatic nitrogens is 1. The van der Waals surface area contributed by atoms with Crippen molar-refractivity contribution >= 4 is 16.7 Å². The Morgan fingerprint density at radius 1 is 1.03 bits per heavy atom. The van der Waals surface area contributed by atoms with Crippen molar-refractivity contribution in [1.29, 1.82) is 0 Å². The molecule has 5 rings (SSSR count). The highest BCUT2D eigenvalue weighted by molar-refractivity contribution is 6.04. The molecule has 1 aliphatic rings. The molecule has 0 aliphatic carbocycles. The van der Waals surface area contributed by atoms with Gasteiger partial charge in [0.25, 0.3) is 5.91 Å². The molecule has 1 aliphatic heterocycles. The van der Waals surface area contributed by atoms with Crippen molar-refractivity contribution in [3.05, 3.63) is 83.7 Å². The number of phenols is 2. The molecule has 0 spiro atoms. The first-order valence-electron chi connectivity index (χ1n) is 11.2. The molecule has 34 heavy (non-hydrogen) atoms. The van der Waals surface area contributed by atoms with Crippen molar-refractivity contribution in [1.82, 2.24) is 9.88 Å². The number of fused-ring (bicyclic) bond motifs is 1. The van der Waals surface area contributed by atoms with Crippen molar-refractivity contribution in [2.75, 3.05) is 19.7 Å². The van der Waals surface area contributed by atoms with Gasteiger partial charge in [-0.2, -0.15) is 0 Å². The number of ether oxygens (including phenoxy) is 2. The Bertz CT molecular complexity index is 1340. The van der Waals surface area contributed by atoms with Gasteiger partial charge in [0, 0.05) is 53.8 Å². The van der Waals surface area contributed by atoms with E-state index in [9.17, 15) is 15.0 Å². The topological polar surface area (TPSA) is 93.0 Å². The van der Waals surface area contributed by atoms with Crippen LogP contribution in [0.25, 0.3) is 10.8 Å². The highest BCUT2D eigenvalue weighted by Gasteiger charge is 2.25. The maximum absolute atomic E-state index is 13.6. The fourth-order valence-corrected chi connectivity index (χ4v) is 4.03. The summed E-state index contributed by atoms with van der Waals surface area (Å²) in [6.07, 6.45) is 3.41. The lowest BCUT2D eigenvalue weighted by Crippen LogP contribution is -2.45. The zero-order valence-corrected chi connectivity index (χ0v) is 18.8. The van der Waals surface area contributed by atoms with Crippen LogP contribution in [0.5, 0.6) is 23.0 Å². The second-order valence-electron chi connectivity index (χ2n) is 8.58. The van der Waals surface area contributed by atoms with Crippen LogP contribution >= 0.6 is 0 Å². The predicted molar refractivity (Wildman–Crippen MR) is 129 cm³/mol. The van der Waals surface area contributed by atoms with E-state index < -0.39 is 5.91 Å². The average molecular weight is 459 g/mol. The highest BCUT2D eigenvalue weighted by Crippen LogP contribution is 2.39. The third-order valence-electron chi connectivity index (χ3n) is 6.14. The summed E-state index contributed by atoms with van der Waals surface area (Å²) in [5.74, 6) is 0.397. The molecule has 0 atom stereocenters. The lowest BCUT2D eigenvalue weighted by Gasteiger charge is -2.26. The van der Waals surface area contributed by atoms with Crippen LogP contribution in [0.3, 0.4) is 0 Å². The van der Waals surface area contributed by atoms with Crippen molar-refractivity contribution in [2.24, 2.45) is 5.92 Å². The van der Waals surface area contributed by atoms with E-state index in [0.29, 0.717) is 23.8 Å². The van der Waals surface area contributed by atoms with Crippen LogP contribution in [0.15, 0.2) is 67.0 Å². The second-order valence-corrected chi connectivity index (χ2v) is 8.58. The van der Waals surface area contributed by atoms with Crippen LogP contribution in [-0.4, -0.2) is 40.4 Å². The molecule has 0 saturated carbocycles. The van der Waals surface area contributed by atoms with Gasteiger partial charge < -0.3 is 25.0 Å². The molecule has 2 heterocycles. The molecule has 0 radical (unpaired) electrons. The first-order chi connectivity index (χ1) is 16.5. The number of benzene rings is 3. The molecule has 4 aromatic rings. The average Bonchev–Trinajstić information content (AvgIpc) is 3.25. The minimum atomic E-state index is -0.464. The smallest absolute Gasteiger partial charge is 0.269 e. The maximum Gasteiger partial charge on any atom is 0.269 e. The molecule has 0 bridgehead atoms. The van der Waals surface area contributed by atoms with E-state index >= 15 is 0 Å². The van der Waals surface area contributed by atoms with Gasteiger partial charge in [-0.1, -0.05) is 42.5 Å². The SMILES string of the molecule is Cc1c(O)cc(O)c(C(=O)n2cc3cccc(OCC4CNC4)c3c2)c1OCc1ccccc1. The third-order valence-corrected chi connectivity index (χ3v) is 6.14. The number of carbonyl (C=O) groups is 1. The summed E-state index contributed by atoms with van der Waals surface area (Å²) in [4.78, 5) is 13.6. The summed E-state index contributed by atoms with van der Waals surface area (Å²) in [5.41, 5.74) is 1.28. The Morgan fingerprint density at radius 2 is 1.82 bits per heavy atom. The Hall–Kier alpha value is -3.97. The van der Waals surface area contributed by atoms with Crippen molar-refractivity contribution in [3.63, 3.8) is 0 Å². The summed E-state index contributed by atoms with van der Waals surface area (Å²) in [5, 5.41) is 25.8. The minimum Gasteiger partial charge on any atom is -0.507 e. The Morgan fingerprint density at radius 3 is 2.56 bits per heavy atom.